The second-order valence-electron chi connectivity index (χ2n) is 6.75. The number of hydrogen-bond acceptors (Lipinski definition) is 2. The molecule has 2 aliphatic carbocycles. The maximum atomic E-state index is 13.1. The van der Waals surface area contributed by atoms with Gasteiger partial charge in [0.1, 0.15) is 5.82 Å². The van der Waals surface area contributed by atoms with Crippen LogP contribution in [0.15, 0.2) is 24.3 Å². The molecule has 20 heavy (non-hydrogen) atoms. The number of nitrogens with one attached hydrogen (secondary N) is 1. The number of hydrogen-bond donors (Lipinski definition) is 1. The lowest BCUT2D eigenvalue weighted by atomic mass is 10.0. The van der Waals surface area contributed by atoms with E-state index in [0.717, 1.165) is 12.0 Å². The number of rotatable bonds is 5. The normalized spacial score (nSPS) is 28.8. The van der Waals surface area contributed by atoms with Gasteiger partial charge in [0.2, 0.25) is 0 Å². The lowest BCUT2D eigenvalue weighted by Gasteiger charge is -2.24. The van der Waals surface area contributed by atoms with Crippen molar-refractivity contribution in [1.82, 2.24) is 10.2 Å². The van der Waals surface area contributed by atoms with Gasteiger partial charge in [-0.25, -0.2) is 4.39 Å². The van der Waals surface area contributed by atoms with Gasteiger partial charge in [-0.05, 0) is 55.7 Å². The fourth-order valence-electron chi connectivity index (χ4n) is 3.55. The largest absolute Gasteiger partial charge is 0.306 e. The van der Waals surface area contributed by atoms with Crippen LogP contribution in [-0.2, 0) is 0 Å². The van der Waals surface area contributed by atoms with Crippen molar-refractivity contribution >= 4 is 0 Å². The van der Waals surface area contributed by atoms with Crippen LogP contribution in [0.5, 0.6) is 0 Å². The minimum absolute atomic E-state index is 0.135. The van der Waals surface area contributed by atoms with E-state index in [-0.39, 0.29) is 5.82 Å². The zero-order chi connectivity index (χ0) is 13.5. The van der Waals surface area contributed by atoms with Crippen LogP contribution in [0.4, 0.5) is 4.39 Å². The maximum Gasteiger partial charge on any atom is 0.123 e. The summed E-state index contributed by atoms with van der Waals surface area (Å²) >= 11 is 0. The molecule has 1 heterocycles. The molecular weight excluding hydrogens is 251 g/mol. The van der Waals surface area contributed by atoms with Crippen LogP contribution in [0.1, 0.15) is 43.7 Å². The zero-order valence-electron chi connectivity index (χ0n) is 11.9. The highest BCUT2D eigenvalue weighted by atomic mass is 19.1. The van der Waals surface area contributed by atoms with Crippen molar-refractivity contribution in [2.45, 2.75) is 50.2 Å². The summed E-state index contributed by atoms with van der Waals surface area (Å²) in [6.45, 7) is 2.46. The van der Waals surface area contributed by atoms with E-state index >= 15 is 0 Å². The van der Waals surface area contributed by atoms with Gasteiger partial charge < -0.3 is 5.32 Å². The molecule has 4 rings (SSSR count). The Balaban J connectivity index is 1.42. The van der Waals surface area contributed by atoms with E-state index < -0.39 is 0 Å². The molecule has 1 N–H and O–H groups in total. The van der Waals surface area contributed by atoms with Crippen LogP contribution in [0, 0.1) is 11.7 Å². The molecule has 1 saturated heterocycles. The molecule has 0 radical (unpaired) electrons. The van der Waals surface area contributed by atoms with Gasteiger partial charge in [0.15, 0.2) is 0 Å². The van der Waals surface area contributed by atoms with Crippen LogP contribution in [0.25, 0.3) is 0 Å². The van der Waals surface area contributed by atoms with E-state index in [1.165, 1.54) is 50.8 Å². The third kappa shape index (κ3) is 2.75. The molecule has 3 fully saturated rings. The molecule has 0 amide bonds. The van der Waals surface area contributed by atoms with Crippen LogP contribution in [0.3, 0.4) is 0 Å². The quantitative estimate of drug-likeness (QED) is 0.887. The van der Waals surface area contributed by atoms with Gasteiger partial charge in [-0.3, -0.25) is 4.90 Å². The minimum atomic E-state index is -0.135. The summed E-state index contributed by atoms with van der Waals surface area (Å²) in [6.07, 6.45) is 6.69. The van der Waals surface area contributed by atoms with Gasteiger partial charge >= 0.3 is 0 Å². The predicted molar refractivity (Wildman–Crippen MR) is 78.0 cm³/mol. The average molecular weight is 274 g/mol. The van der Waals surface area contributed by atoms with Crippen LogP contribution in [-0.4, -0.2) is 30.1 Å². The van der Waals surface area contributed by atoms with Gasteiger partial charge in [-0.15, -0.1) is 0 Å². The third-order valence-electron chi connectivity index (χ3n) is 5.02. The predicted octanol–water partition coefficient (Wildman–Crippen LogP) is 3.10. The molecule has 2 saturated carbocycles. The highest BCUT2D eigenvalue weighted by Crippen LogP contribution is 2.42. The van der Waals surface area contributed by atoms with E-state index in [1.54, 1.807) is 12.1 Å². The van der Waals surface area contributed by atoms with E-state index in [2.05, 4.69) is 10.2 Å². The van der Waals surface area contributed by atoms with Crippen molar-refractivity contribution in [1.29, 1.82) is 0 Å². The van der Waals surface area contributed by atoms with E-state index in [1.807, 2.05) is 12.1 Å². The summed E-state index contributed by atoms with van der Waals surface area (Å²) in [4.78, 5) is 2.65. The Morgan fingerprint density at radius 3 is 2.45 bits per heavy atom. The first-order valence-electron chi connectivity index (χ1n) is 8.05. The van der Waals surface area contributed by atoms with Crippen molar-refractivity contribution in [2.75, 3.05) is 13.1 Å². The van der Waals surface area contributed by atoms with Gasteiger partial charge in [0, 0.05) is 31.2 Å². The summed E-state index contributed by atoms with van der Waals surface area (Å²) in [5.74, 6) is 0.625. The molecule has 1 aliphatic heterocycles. The SMILES string of the molecule is Fc1ccc(C(NC2CCN(C3CC3)C2)C2CC2)cc1. The summed E-state index contributed by atoms with van der Waals surface area (Å²) in [5, 5.41) is 3.86. The van der Waals surface area contributed by atoms with E-state index in [0.29, 0.717) is 12.1 Å². The molecular formula is C17H23FN2. The topological polar surface area (TPSA) is 15.3 Å². The number of halogens is 1. The molecule has 0 aromatic heterocycles. The van der Waals surface area contributed by atoms with E-state index in [4.69, 9.17) is 0 Å². The Hall–Kier alpha value is -0.930. The molecule has 1 aromatic rings. The highest BCUT2D eigenvalue weighted by molar-refractivity contribution is 5.22. The molecule has 2 nitrogen and oxygen atoms in total. The second-order valence-corrected chi connectivity index (χ2v) is 6.75. The van der Waals surface area contributed by atoms with Crippen molar-refractivity contribution in [3.8, 4) is 0 Å². The highest BCUT2D eigenvalue weighted by Gasteiger charge is 2.38. The van der Waals surface area contributed by atoms with E-state index in [9.17, 15) is 4.39 Å². The molecule has 0 spiro atoms. The average Bonchev–Trinajstić information content (AvgIpc) is 3.37. The Morgan fingerprint density at radius 2 is 1.80 bits per heavy atom. The van der Waals surface area contributed by atoms with Crippen molar-refractivity contribution in [3.63, 3.8) is 0 Å². The number of benzene rings is 1. The van der Waals surface area contributed by atoms with Gasteiger partial charge in [0.05, 0.1) is 0 Å². The number of likely N-dealkylation sites (tertiary alicyclic amines) is 1. The van der Waals surface area contributed by atoms with Crippen molar-refractivity contribution in [3.05, 3.63) is 35.6 Å². The smallest absolute Gasteiger partial charge is 0.123 e. The Kier molecular flexibility index (Phi) is 3.27. The van der Waals surface area contributed by atoms with Crippen LogP contribution in [0.2, 0.25) is 0 Å². The second kappa shape index (κ2) is 5.12. The first-order valence-corrected chi connectivity index (χ1v) is 8.05. The summed E-state index contributed by atoms with van der Waals surface area (Å²) < 4.78 is 13.1. The zero-order valence-corrected chi connectivity index (χ0v) is 11.9. The summed E-state index contributed by atoms with van der Waals surface area (Å²) in [7, 11) is 0. The lowest BCUT2D eigenvalue weighted by Crippen LogP contribution is -2.36. The molecule has 0 bridgehead atoms. The lowest BCUT2D eigenvalue weighted by molar-refractivity contribution is 0.309. The Bertz CT molecular complexity index is 464. The van der Waals surface area contributed by atoms with Gasteiger partial charge in [-0.2, -0.15) is 0 Å². The summed E-state index contributed by atoms with van der Waals surface area (Å²) in [6, 6.07) is 9.03. The van der Waals surface area contributed by atoms with Gasteiger partial charge in [-0.1, -0.05) is 12.1 Å². The van der Waals surface area contributed by atoms with Crippen molar-refractivity contribution in [2.24, 2.45) is 5.92 Å². The standard InChI is InChI=1S/C17H23FN2/c18-14-5-3-13(4-6-14)17(12-1-2-12)19-15-9-10-20(11-15)16-7-8-16/h3-6,12,15-17,19H,1-2,7-11H2. The van der Waals surface area contributed by atoms with Crippen molar-refractivity contribution < 1.29 is 4.39 Å². The fraction of sp³-hybridized carbons (Fsp3) is 0.647. The Morgan fingerprint density at radius 1 is 1.05 bits per heavy atom. The Labute approximate surface area is 120 Å². The fourth-order valence-corrected chi connectivity index (χ4v) is 3.55. The minimum Gasteiger partial charge on any atom is -0.306 e. The molecule has 2 atom stereocenters. The summed E-state index contributed by atoms with van der Waals surface area (Å²) in [5.41, 5.74) is 1.26. The first kappa shape index (κ1) is 12.8. The number of nitrogens with zero attached hydrogens (tertiary/aromatic N) is 1. The first-order chi connectivity index (χ1) is 9.79. The molecule has 2 unspecified atom stereocenters. The van der Waals surface area contributed by atoms with Gasteiger partial charge in [0.25, 0.3) is 0 Å². The molecule has 3 heteroatoms. The van der Waals surface area contributed by atoms with Crippen LogP contribution < -0.4 is 5.32 Å². The maximum absolute atomic E-state index is 13.1. The monoisotopic (exact) mass is 274 g/mol. The molecule has 108 valence electrons. The molecule has 3 aliphatic rings. The van der Waals surface area contributed by atoms with Crippen LogP contribution >= 0.6 is 0 Å². The molecule has 1 aromatic carbocycles. The third-order valence-corrected chi connectivity index (χ3v) is 5.02.